The number of anilines is 3. The molecule has 0 amide bonds. The molecule has 9 nitrogen and oxygen atoms in total. The Morgan fingerprint density at radius 1 is 1.07 bits per heavy atom. The number of hydrogen-bond donors (Lipinski definition) is 5. The minimum Gasteiger partial charge on any atom is -0.395 e. The molecule has 0 saturated carbocycles. The highest BCUT2D eigenvalue weighted by atomic mass is 16.3. The van der Waals surface area contributed by atoms with Gasteiger partial charge in [-0.15, -0.1) is 0 Å². The Morgan fingerprint density at radius 2 is 1.83 bits per heavy atom. The van der Waals surface area contributed by atoms with Crippen LogP contribution in [0.2, 0.25) is 0 Å². The Morgan fingerprint density at radius 3 is 2.47 bits per heavy atom. The molecule has 0 fully saturated rings. The molecule has 1 aromatic carbocycles. The molecule has 0 saturated heterocycles. The number of nitrogens with zero attached hydrogens (tertiary/aromatic N) is 4. The summed E-state index contributed by atoms with van der Waals surface area (Å²) in [4.78, 5) is 9.24. The van der Waals surface area contributed by atoms with E-state index in [0.29, 0.717) is 25.0 Å². The van der Waals surface area contributed by atoms with Crippen molar-refractivity contribution < 1.29 is 10.2 Å². The number of aliphatic hydroxyl groups is 2. The zero-order valence-corrected chi connectivity index (χ0v) is 17.8. The number of hydrogen-bond acceptors (Lipinski definition) is 8. The second-order valence-corrected chi connectivity index (χ2v) is 7.49. The quantitative estimate of drug-likeness (QED) is 0.325. The molecule has 0 spiro atoms. The van der Waals surface area contributed by atoms with Crippen molar-refractivity contribution in [2.45, 2.75) is 45.7 Å². The number of aliphatic hydroxyl groups excluding tert-OH is 2. The summed E-state index contributed by atoms with van der Waals surface area (Å²) in [7, 11) is 0. The third kappa shape index (κ3) is 5.17. The van der Waals surface area contributed by atoms with E-state index in [1.807, 2.05) is 37.4 Å². The van der Waals surface area contributed by atoms with E-state index in [4.69, 9.17) is 5.11 Å². The maximum atomic E-state index is 9.53. The minimum absolute atomic E-state index is 0.0146. The van der Waals surface area contributed by atoms with Gasteiger partial charge in [-0.05, 0) is 30.0 Å². The van der Waals surface area contributed by atoms with Crippen LogP contribution in [0.25, 0.3) is 5.65 Å². The van der Waals surface area contributed by atoms with Crippen LogP contribution < -0.4 is 16.0 Å². The molecule has 0 aliphatic heterocycles. The van der Waals surface area contributed by atoms with Crippen LogP contribution in [0.3, 0.4) is 0 Å². The molecular formula is C21H31N7O2. The fourth-order valence-electron chi connectivity index (χ4n) is 3.06. The molecule has 0 radical (unpaired) electrons. The van der Waals surface area contributed by atoms with E-state index in [9.17, 15) is 5.11 Å². The monoisotopic (exact) mass is 413 g/mol. The summed E-state index contributed by atoms with van der Waals surface area (Å²) in [6, 6.07) is 7.89. The van der Waals surface area contributed by atoms with Crippen molar-refractivity contribution in [1.82, 2.24) is 19.6 Å². The van der Waals surface area contributed by atoms with Crippen LogP contribution in [0.4, 0.5) is 17.6 Å². The lowest BCUT2D eigenvalue weighted by Crippen LogP contribution is -2.24. The lowest BCUT2D eigenvalue weighted by Gasteiger charge is -2.16. The molecule has 1 atom stereocenters. The van der Waals surface area contributed by atoms with Gasteiger partial charge in [0.05, 0.1) is 25.5 Å². The molecule has 9 heteroatoms. The highest BCUT2D eigenvalue weighted by molar-refractivity contribution is 5.56. The Kier molecular flexibility index (Phi) is 7.42. The molecule has 5 N–H and O–H groups in total. The SMILES string of the molecule is CC[C@@H](CO)Nc1nc(NCc2ccc(NCCO)cc2)n2ncc(C(C)C)c2n1. The third-order valence-corrected chi connectivity index (χ3v) is 4.91. The van der Waals surface area contributed by atoms with Gasteiger partial charge in [0.1, 0.15) is 0 Å². The van der Waals surface area contributed by atoms with Crippen LogP contribution in [-0.2, 0) is 6.54 Å². The average molecular weight is 414 g/mol. The van der Waals surface area contributed by atoms with Gasteiger partial charge in [-0.3, -0.25) is 0 Å². The summed E-state index contributed by atoms with van der Waals surface area (Å²) in [6.45, 7) is 7.42. The first-order valence-electron chi connectivity index (χ1n) is 10.4. The van der Waals surface area contributed by atoms with E-state index in [1.54, 1.807) is 4.52 Å². The van der Waals surface area contributed by atoms with Gasteiger partial charge in [-0.1, -0.05) is 32.9 Å². The zero-order valence-electron chi connectivity index (χ0n) is 17.8. The molecule has 162 valence electrons. The molecule has 0 aliphatic rings. The maximum Gasteiger partial charge on any atom is 0.229 e. The van der Waals surface area contributed by atoms with Crippen molar-refractivity contribution in [1.29, 1.82) is 0 Å². The molecule has 0 unspecified atom stereocenters. The number of benzene rings is 1. The van der Waals surface area contributed by atoms with E-state index in [-0.39, 0.29) is 25.2 Å². The Balaban J connectivity index is 1.84. The number of nitrogens with one attached hydrogen (secondary N) is 3. The average Bonchev–Trinajstić information content (AvgIpc) is 3.19. The van der Waals surface area contributed by atoms with Crippen molar-refractivity contribution >= 4 is 23.2 Å². The number of fused-ring (bicyclic) bond motifs is 1. The summed E-state index contributed by atoms with van der Waals surface area (Å²) in [5.74, 6) is 1.33. The van der Waals surface area contributed by atoms with Gasteiger partial charge in [0.15, 0.2) is 5.65 Å². The number of rotatable bonds is 11. The topological polar surface area (TPSA) is 120 Å². The predicted molar refractivity (Wildman–Crippen MR) is 119 cm³/mol. The van der Waals surface area contributed by atoms with Crippen molar-refractivity contribution in [3.63, 3.8) is 0 Å². The van der Waals surface area contributed by atoms with Gasteiger partial charge in [0.25, 0.3) is 0 Å². The van der Waals surface area contributed by atoms with Crippen LogP contribution in [0.15, 0.2) is 30.5 Å². The first kappa shape index (κ1) is 21.8. The van der Waals surface area contributed by atoms with Gasteiger partial charge < -0.3 is 26.2 Å². The van der Waals surface area contributed by atoms with Crippen LogP contribution in [0, 0.1) is 0 Å². The van der Waals surface area contributed by atoms with Gasteiger partial charge in [0.2, 0.25) is 11.9 Å². The van der Waals surface area contributed by atoms with Crippen LogP contribution >= 0.6 is 0 Å². The first-order valence-corrected chi connectivity index (χ1v) is 10.4. The first-order chi connectivity index (χ1) is 14.5. The second-order valence-electron chi connectivity index (χ2n) is 7.49. The van der Waals surface area contributed by atoms with Crippen LogP contribution in [-0.4, -0.2) is 55.6 Å². The van der Waals surface area contributed by atoms with E-state index in [2.05, 4.69) is 44.9 Å². The normalized spacial score (nSPS) is 12.3. The van der Waals surface area contributed by atoms with Crippen LogP contribution in [0.5, 0.6) is 0 Å². The highest BCUT2D eigenvalue weighted by Crippen LogP contribution is 2.23. The van der Waals surface area contributed by atoms with E-state index < -0.39 is 0 Å². The van der Waals surface area contributed by atoms with Crippen molar-refractivity contribution in [3.05, 3.63) is 41.6 Å². The molecule has 3 rings (SSSR count). The standard InChI is InChI=1S/C21H31N7O2/c1-4-16(13-30)25-20-26-19-18(14(2)3)12-24-28(19)21(27-20)23-11-15-5-7-17(8-6-15)22-9-10-29/h5-8,12,14,16,22,29-30H,4,9-11,13H2,1-3H3,(H2,23,25,26,27)/t16-/m0/s1. The Hall–Kier alpha value is -2.91. The molecule has 0 aliphatic carbocycles. The molecule has 3 aromatic rings. The fraction of sp³-hybridized carbons (Fsp3) is 0.476. The zero-order chi connectivity index (χ0) is 21.5. The summed E-state index contributed by atoms with van der Waals surface area (Å²) >= 11 is 0. The van der Waals surface area contributed by atoms with Crippen molar-refractivity contribution in [2.24, 2.45) is 0 Å². The van der Waals surface area contributed by atoms with Gasteiger partial charge in [-0.2, -0.15) is 19.6 Å². The van der Waals surface area contributed by atoms with E-state index >= 15 is 0 Å². The lowest BCUT2D eigenvalue weighted by atomic mass is 10.1. The maximum absolute atomic E-state index is 9.53. The highest BCUT2D eigenvalue weighted by Gasteiger charge is 2.16. The summed E-state index contributed by atoms with van der Waals surface area (Å²) in [5, 5.41) is 32.6. The van der Waals surface area contributed by atoms with E-state index in [1.165, 1.54) is 0 Å². The molecule has 0 bridgehead atoms. The largest absolute Gasteiger partial charge is 0.395 e. The van der Waals surface area contributed by atoms with Crippen molar-refractivity contribution in [2.75, 3.05) is 35.7 Å². The summed E-state index contributed by atoms with van der Waals surface area (Å²) in [5.41, 5.74) is 3.84. The molecule has 30 heavy (non-hydrogen) atoms. The second kappa shape index (κ2) is 10.2. The summed E-state index contributed by atoms with van der Waals surface area (Å²) < 4.78 is 1.72. The third-order valence-electron chi connectivity index (χ3n) is 4.91. The Bertz CT molecular complexity index is 936. The van der Waals surface area contributed by atoms with Crippen molar-refractivity contribution in [3.8, 4) is 0 Å². The summed E-state index contributed by atoms with van der Waals surface area (Å²) in [6.07, 6.45) is 2.59. The molecular weight excluding hydrogens is 382 g/mol. The van der Waals surface area contributed by atoms with Gasteiger partial charge in [-0.25, -0.2) is 0 Å². The molecule has 2 heterocycles. The smallest absolute Gasteiger partial charge is 0.229 e. The lowest BCUT2D eigenvalue weighted by molar-refractivity contribution is 0.271. The predicted octanol–water partition coefficient (Wildman–Crippen LogP) is 2.45. The fourth-order valence-corrected chi connectivity index (χ4v) is 3.06. The van der Waals surface area contributed by atoms with Crippen LogP contribution in [0.1, 0.15) is 44.2 Å². The van der Waals surface area contributed by atoms with Gasteiger partial charge >= 0.3 is 0 Å². The molecule has 2 aromatic heterocycles. The minimum atomic E-state index is -0.107. The van der Waals surface area contributed by atoms with Gasteiger partial charge in [0, 0.05) is 24.3 Å². The number of aromatic nitrogens is 4. The Labute approximate surface area is 176 Å². The van der Waals surface area contributed by atoms with E-state index in [0.717, 1.165) is 28.9 Å².